The number of hydrogen-bond donors (Lipinski definition) is 3. The van der Waals surface area contributed by atoms with Gasteiger partial charge in [0.15, 0.2) is 0 Å². The zero-order valence-corrected chi connectivity index (χ0v) is 9.23. The summed E-state index contributed by atoms with van der Waals surface area (Å²) in [4.78, 5) is 0. The molecule has 1 rings (SSSR count). The molecule has 0 unspecified atom stereocenters. The van der Waals surface area contributed by atoms with Crippen LogP contribution in [0.3, 0.4) is 0 Å². The zero-order valence-electron chi connectivity index (χ0n) is 7.23. The smallest absolute Gasteiger partial charge is 0.402 e. The summed E-state index contributed by atoms with van der Waals surface area (Å²) in [6.07, 6.45) is 0. The molecule has 0 amide bonds. The van der Waals surface area contributed by atoms with Crippen LogP contribution >= 0.6 is 0 Å². The molecular weight excluding hydrogens is 166 g/mol. The third kappa shape index (κ3) is 12.8. The van der Waals surface area contributed by atoms with Crippen LogP contribution in [0.2, 0.25) is 0 Å². The van der Waals surface area contributed by atoms with E-state index in [0.29, 0.717) is 0 Å². The Morgan fingerprint density at radius 2 is 1.83 bits per heavy atom. The second-order valence-electron chi connectivity index (χ2n) is 1.93. The molecule has 0 radical (unpaired) electrons. The number of hydrogen-bond acceptors (Lipinski definition) is 3. The van der Waals surface area contributed by atoms with Crippen LogP contribution in [-0.4, -0.2) is 22.4 Å². The Morgan fingerprint density at radius 1 is 1.33 bits per heavy atom. The van der Waals surface area contributed by atoms with E-state index in [4.69, 9.17) is 15.1 Å². The summed E-state index contributed by atoms with van der Waals surface area (Å²) >= 11 is 0. The average molecular weight is 176 g/mol. The monoisotopic (exact) mass is 176 g/mol. The normalized spacial score (nSPS) is 7.33. The van der Waals surface area contributed by atoms with Crippen molar-refractivity contribution in [1.82, 2.24) is 0 Å². The largest absolute Gasteiger partial charge is 1.00 e. The van der Waals surface area contributed by atoms with Gasteiger partial charge in [-0.15, -0.1) is 0 Å². The summed E-state index contributed by atoms with van der Waals surface area (Å²) < 4.78 is 0. The van der Waals surface area contributed by atoms with Gasteiger partial charge in [0.25, 0.3) is 0 Å². The summed E-state index contributed by atoms with van der Waals surface area (Å²) in [6.45, 7) is 2.05. The first-order valence-electron chi connectivity index (χ1n) is 3.10. The maximum atomic E-state index is 7.17. The van der Waals surface area contributed by atoms with Gasteiger partial charge in [-0.25, -0.2) is 0 Å². The van der Waals surface area contributed by atoms with Gasteiger partial charge in [-0.3, -0.25) is 0 Å². The van der Waals surface area contributed by atoms with Crippen molar-refractivity contribution in [3.05, 3.63) is 35.9 Å². The van der Waals surface area contributed by atoms with Crippen molar-refractivity contribution in [3.8, 4) is 0 Å². The molecule has 3 N–H and O–H groups in total. The predicted molar refractivity (Wildman–Crippen MR) is 42.4 cm³/mol. The maximum absolute atomic E-state index is 7.17. The van der Waals surface area contributed by atoms with E-state index in [1.54, 1.807) is 0 Å². The van der Waals surface area contributed by atoms with Crippen molar-refractivity contribution in [2.24, 2.45) is 0 Å². The third-order valence-electron chi connectivity index (χ3n) is 0.863. The van der Waals surface area contributed by atoms with Crippen molar-refractivity contribution < 1.29 is 44.6 Å². The van der Waals surface area contributed by atoms with Gasteiger partial charge in [0.1, 0.15) is 0 Å². The molecular formula is C7H10BNaO3. The van der Waals surface area contributed by atoms with Gasteiger partial charge >= 0.3 is 36.9 Å². The van der Waals surface area contributed by atoms with Crippen LogP contribution in [0.5, 0.6) is 0 Å². The van der Waals surface area contributed by atoms with Crippen LogP contribution in [0.15, 0.2) is 24.3 Å². The Labute approximate surface area is 94.5 Å². The van der Waals surface area contributed by atoms with Crippen LogP contribution in [0, 0.1) is 13.0 Å². The zero-order chi connectivity index (χ0) is 8.69. The molecule has 0 aliphatic rings. The first-order chi connectivity index (χ1) is 5.13. The van der Waals surface area contributed by atoms with E-state index in [0.717, 1.165) is 0 Å². The molecule has 0 bridgehead atoms. The van der Waals surface area contributed by atoms with E-state index in [1.165, 1.54) is 5.56 Å². The standard InChI is InChI=1S/C7H7.BH3O3.Na/c1-7-5-3-2-4-6-7;2-1(3)4;/h2-3,5-6H,1H3;2-4H;/q-1;;+1. The van der Waals surface area contributed by atoms with Crippen molar-refractivity contribution in [3.63, 3.8) is 0 Å². The molecule has 1 aromatic rings. The van der Waals surface area contributed by atoms with Gasteiger partial charge in [0, 0.05) is 0 Å². The minimum Gasteiger partial charge on any atom is -0.402 e. The molecule has 0 spiro atoms. The molecule has 0 fully saturated rings. The molecule has 0 aliphatic carbocycles. The summed E-state index contributed by atoms with van der Waals surface area (Å²) in [7, 11) is -2.17. The Morgan fingerprint density at radius 3 is 2.00 bits per heavy atom. The van der Waals surface area contributed by atoms with Gasteiger partial charge in [0.2, 0.25) is 0 Å². The second-order valence-corrected chi connectivity index (χ2v) is 1.93. The molecule has 0 aliphatic heterocycles. The molecule has 1 aromatic carbocycles. The number of benzene rings is 1. The van der Waals surface area contributed by atoms with Gasteiger partial charge in [-0.2, -0.15) is 35.9 Å². The van der Waals surface area contributed by atoms with Gasteiger partial charge in [-0.1, -0.05) is 6.92 Å². The van der Waals surface area contributed by atoms with Crippen LogP contribution < -0.4 is 29.6 Å². The Hall–Kier alpha value is 0.165. The van der Waals surface area contributed by atoms with Crippen molar-refractivity contribution >= 4 is 7.32 Å². The second kappa shape index (κ2) is 9.25. The Bertz CT molecular complexity index is 179. The molecule has 5 heteroatoms. The van der Waals surface area contributed by atoms with Crippen molar-refractivity contribution in [2.45, 2.75) is 6.92 Å². The fourth-order valence-corrected chi connectivity index (χ4v) is 0.483. The van der Waals surface area contributed by atoms with Gasteiger partial charge < -0.3 is 15.1 Å². The number of aryl methyl sites for hydroxylation is 1. The molecule has 60 valence electrons. The summed E-state index contributed by atoms with van der Waals surface area (Å²) in [6, 6.07) is 10.8. The molecule has 0 saturated carbocycles. The first kappa shape index (κ1) is 14.7. The van der Waals surface area contributed by atoms with Gasteiger partial charge in [0.05, 0.1) is 0 Å². The van der Waals surface area contributed by atoms with Gasteiger partial charge in [-0.05, 0) is 0 Å². The van der Waals surface area contributed by atoms with Crippen molar-refractivity contribution in [1.29, 1.82) is 0 Å². The molecule has 0 heterocycles. The molecule has 0 atom stereocenters. The molecule has 12 heavy (non-hydrogen) atoms. The first-order valence-corrected chi connectivity index (χ1v) is 3.10. The van der Waals surface area contributed by atoms with E-state index in [1.807, 2.05) is 18.2 Å². The summed E-state index contributed by atoms with van der Waals surface area (Å²) in [5.41, 5.74) is 1.27. The summed E-state index contributed by atoms with van der Waals surface area (Å²) in [5.74, 6) is 0. The average Bonchev–Trinajstić information content (AvgIpc) is 1.87. The Balaban J connectivity index is 0. The minimum atomic E-state index is -2.17. The van der Waals surface area contributed by atoms with E-state index < -0.39 is 7.32 Å². The SMILES string of the molecule is Cc1c[c-]ccc1.OB(O)O.[Na+]. The van der Waals surface area contributed by atoms with Crippen LogP contribution in [0.1, 0.15) is 5.56 Å². The molecule has 0 aromatic heterocycles. The quantitative estimate of drug-likeness (QED) is 0.287. The fourth-order valence-electron chi connectivity index (χ4n) is 0.483. The fraction of sp³-hybridized carbons (Fsp3) is 0.143. The van der Waals surface area contributed by atoms with E-state index in [9.17, 15) is 0 Å². The van der Waals surface area contributed by atoms with E-state index in [2.05, 4.69) is 19.1 Å². The van der Waals surface area contributed by atoms with Crippen LogP contribution in [-0.2, 0) is 0 Å². The molecule has 0 saturated heterocycles. The van der Waals surface area contributed by atoms with E-state index in [-0.39, 0.29) is 29.6 Å². The van der Waals surface area contributed by atoms with E-state index >= 15 is 0 Å². The predicted octanol–water partition coefficient (Wildman–Crippen LogP) is -3.25. The molecule has 3 nitrogen and oxygen atoms in total. The Kier molecular flexibility index (Phi) is 11.3. The summed E-state index contributed by atoms with van der Waals surface area (Å²) in [5, 5.41) is 21.5. The van der Waals surface area contributed by atoms with Crippen LogP contribution in [0.25, 0.3) is 0 Å². The minimum absolute atomic E-state index is 0. The topological polar surface area (TPSA) is 60.7 Å². The maximum Gasteiger partial charge on any atom is 1.00 e. The van der Waals surface area contributed by atoms with Crippen LogP contribution in [0.4, 0.5) is 0 Å². The number of rotatable bonds is 0. The van der Waals surface area contributed by atoms with Crippen molar-refractivity contribution in [2.75, 3.05) is 0 Å². The third-order valence-corrected chi connectivity index (χ3v) is 0.863.